The minimum atomic E-state index is -0.794. The van der Waals surface area contributed by atoms with Gasteiger partial charge >= 0.3 is 5.97 Å². The van der Waals surface area contributed by atoms with Gasteiger partial charge in [-0.1, -0.05) is 18.2 Å². The van der Waals surface area contributed by atoms with Gasteiger partial charge in [-0.05, 0) is 31.0 Å². The number of aliphatic carboxylic acids is 1. The van der Waals surface area contributed by atoms with Gasteiger partial charge in [-0.2, -0.15) is 0 Å². The average molecular weight is 329 g/mol. The van der Waals surface area contributed by atoms with Gasteiger partial charge in [0.05, 0.1) is 12.2 Å². The summed E-state index contributed by atoms with van der Waals surface area (Å²) in [7, 11) is 0. The Morgan fingerprint density at radius 1 is 1.17 bits per heavy atom. The molecule has 1 aromatic carbocycles. The van der Waals surface area contributed by atoms with Crippen molar-refractivity contribution in [2.45, 2.75) is 19.4 Å². The Bertz CT molecular complexity index is 701. The van der Waals surface area contributed by atoms with Crippen molar-refractivity contribution >= 4 is 11.9 Å². The van der Waals surface area contributed by atoms with E-state index in [1.54, 1.807) is 11.0 Å². The third-order valence-electron chi connectivity index (χ3n) is 4.21. The number of likely N-dealkylation sites (tertiary alicyclic amines) is 1. The molecule has 126 valence electrons. The maximum Gasteiger partial charge on any atom is 0.306 e. The van der Waals surface area contributed by atoms with Gasteiger partial charge in [-0.3, -0.25) is 9.59 Å². The number of piperidine rings is 1. The maximum absolute atomic E-state index is 12.6. The Morgan fingerprint density at radius 2 is 1.88 bits per heavy atom. The summed E-state index contributed by atoms with van der Waals surface area (Å²) in [5.74, 6) is -0.391. The molecule has 6 heteroatoms. The molecule has 1 aliphatic heterocycles. The number of carboxylic acids is 1. The molecule has 0 aliphatic carbocycles. The van der Waals surface area contributed by atoms with Gasteiger partial charge in [0.2, 0.25) is 0 Å². The molecule has 0 bridgehead atoms. The number of nitrogens with zero attached hydrogens (tertiary/aromatic N) is 1. The van der Waals surface area contributed by atoms with Gasteiger partial charge < -0.3 is 19.2 Å². The summed E-state index contributed by atoms with van der Waals surface area (Å²) in [4.78, 5) is 25.2. The van der Waals surface area contributed by atoms with E-state index in [2.05, 4.69) is 0 Å². The number of carbonyl (C=O) groups excluding carboxylic acids is 1. The van der Waals surface area contributed by atoms with Crippen LogP contribution >= 0.6 is 0 Å². The second-order valence-corrected chi connectivity index (χ2v) is 5.78. The summed E-state index contributed by atoms with van der Waals surface area (Å²) in [6.45, 7) is 1.10. The van der Waals surface area contributed by atoms with Crippen LogP contribution in [0.5, 0.6) is 5.75 Å². The van der Waals surface area contributed by atoms with E-state index in [-0.39, 0.29) is 24.2 Å². The highest BCUT2D eigenvalue weighted by Gasteiger charge is 2.29. The zero-order chi connectivity index (χ0) is 16.9. The first kappa shape index (κ1) is 16.1. The molecule has 0 atom stereocenters. The quantitative estimate of drug-likeness (QED) is 0.912. The standard InChI is InChI=1S/C18H19NO5/c20-17(19-9-6-13(7-10-19)18(21)22)16-14(8-11-23-16)12-24-15-4-2-1-3-5-15/h1-5,8,11,13H,6-7,9-10,12H2,(H,21,22). The summed E-state index contributed by atoms with van der Waals surface area (Å²) in [6, 6.07) is 11.1. The molecular formula is C18H19NO5. The number of ether oxygens (including phenoxy) is 1. The fourth-order valence-electron chi connectivity index (χ4n) is 2.79. The Labute approximate surface area is 139 Å². The van der Waals surface area contributed by atoms with Gasteiger partial charge in [0.25, 0.3) is 5.91 Å². The number of rotatable bonds is 5. The molecule has 6 nitrogen and oxygen atoms in total. The Hall–Kier alpha value is -2.76. The lowest BCUT2D eigenvalue weighted by Crippen LogP contribution is -2.40. The molecule has 2 heterocycles. The van der Waals surface area contributed by atoms with Crippen LogP contribution in [0, 0.1) is 5.92 Å². The van der Waals surface area contributed by atoms with E-state index in [0.717, 1.165) is 5.75 Å². The van der Waals surface area contributed by atoms with Crippen LogP contribution in [0.15, 0.2) is 47.1 Å². The molecule has 0 spiro atoms. The van der Waals surface area contributed by atoms with E-state index >= 15 is 0 Å². The largest absolute Gasteiger partial charge is 0.489 e. The smallest absolute Gasteiger partial charge is 0.306 e. The van der Waals surface area contributed by atoms with Crippen LogP contribution in [0.1, 0.15) is 29.0 Å². The topological polar surface area (TPSA) is 80.0 Å². The molecule has 1 N–H and O–H groups in total. The predicted octanol–water partition coefficient (Wildman–Crippen LogP) is 2.80. The lowest BCUT2D eigenvalue weighted by Gasteiger charge is -2.29. The van der Waals surface area contributed by atoms with Crippen LogP contribution in [-0.2, 0) is 11.4 Å². The molecule has 1 aromatic heterocycles. The molecule has 0 radical (unpaired) electrons. The first-order valence-electron chi connectivity index (χ1n) is 7.91. The number of furan rings is 1. The molecule has 3 rings (SSSR count). The summed E-state index contributed by atoms with van der Waals surface area (Å²) < 4.78 is 11.0. The number of amides is 1. The Kier molecular flexibility index (Phi) is 4.84. The lowest BCUT2D eigenvalue weighted by molar-refractivity contribution is -0.143. The molecule has 1 amide bonds. The molecule has 2 aromatic rings. The highest BCUT2D eigenvalue weighted by Crippen LogP contribution is 2.22. The number of benzene rings is 1. The minimum absolute atomic E-state index is 0.212. The predicted molar refractivity (Wildman–Crippen MR) is 85.7 cm³/mol. The van der Waals surface area contributed by atoms with Crippen molar-refractivity contribution in [3.63, 3.8) is 0 Å². The monoisotopic (exact) mass is 329 g/mol. The molecule has 0 unspecified atom stereocenters. The second-order valence-electron chi connectivity index (χ2n) is 5.78. The highest BCUT2D eigenvalue weighted by molar-refractivity contribution is 5.93. The van der Waals surface area contributed by atoms with Crippen LogP contribution in [0.2, 0.25) is 0 Å². The van der Waals surface area contributed by atoms with Crippen molar-refractivity contribution < 1.29 is 23.8 Å². The first-order chi connectivity index (χ1) is 11.6. The van der Waals surface area contributed by atoms with E-state index in [9.17, 15) is 9.59 Å². The Morgan fingerprint density at radius 3 is 2.54 bits per heavy atom. The summed E-state index contributed by atoms with van der Waals surface area (Å²) in [6.07, 6.45) is 2.41. The van der Waals surface area contributed by atoms with E-state index in [1.807, 2.05) is 30.3 Å². The van der Waals surface area contributed by atoms with Crippen molar-refractivity contribution in [3.05, 3.63) is 54.0 Å². The SMILES string of the molecule is O=C(O)C1CCN(C(=O)c2occc2COc2ccccc2)CC1. The van der Waals surface area contributed by atoms with E-state index < -0.39 is 5.97 Å². The summed E-state index contributed by atoms with van der Waals surface area (Å²) >= 11 is 0. The third kappa shape index (κ3) is 3.59. The van der Waals surface area contributed by atoms with Gasteiger partial charge in [0.1, 0.15) is 12.4 Å². The molecule has 1 fully saturated rings. The summed E-state index contributed by atoms with van der Waals surface area (Å²) in [5.41, 5.74) is 0.684. The van der Waals surface area contributed by atoms with E-state index in [4.69, 9.17) is 14.3 Å². The van der Waals surface area contributed by atoms with Crippen LogP contribution in [0.4, 0.5) is 0 Å². The van der Waals surface area contributed by atoms with Crippen molar-refractivity contribution in [1.29, 1.82) is 0 Å². The van der Waals surface area contributed by atoms with E-state index in [1.165, 1.54) is 6.26 Å². The zero-order valence-corrected chi connectivity index (χ0v) is 13.2. The van der Waals surface area contributed by atoms with Crippen molar-refractivity contribution in [2.75, 3.05) is 13.1 Å². The van der Waals surface area contributed by atoms with Crippen molar-refractivity contribution in [1.82, 2.24) is 4.90 Å². The minimum Gasteiger partial charge on any atom is -0.489 e. The normalized spacial score (nSPS) is 15.2. The zero-order valence-electron chi connectivity index (χ0n) is 13.2. The molecular weight excluding hydrogens is 310 g/mol. The van der Waals surface area contributed by atoms with Gasteiger partial charge in [0.15, 0.2) is 5.76 Å². The number of carbonyl (C=O) groups is 2. The van der Waals surface area contributed by atoms with Crippen LogP contribution in [0.25, 0.3) is 0 Å². The van der Waals surface area contributed by atoms with Crippen molar-refractivity contribution in [3.8, 4) is 5.75 Å². The van der Waals surface area contributed by atoms with Gasteiger partial charge in [0, 0.05) is 18.7 Å². The van der Waals surface area contributed by atoms with Crippen LogP contribution < -0.4 is 4.74 Å². The maximum atomic E-state index is 12.6. The van der Waals surface area contributed by atoms with Gasteiger partial charge in [-0.25, -0.2) is 0 Å². The Balaban J connectivity index is 1.62. The first-order valence-corrected chi connectivity index (χ1v) is 7.91. The molecule has 1 saturated heterocycles. The lowest BCUT2D eigenvalue weighted by atomic mass is 9.97. The number of hydrogen-bond donors (Lipinski definition) is 1. The fourth-order valence-corrected chi connectivity index (χ4v) is 2.79. The fraction of sp³-hybridized carbons (Fsp3) is 0.333. The van der Waals surface area contributed by atoms with Crippen LogP contribution in [0.3, 0.4) is 0 Å². The molecule has 0 saturated carbocycles. The van der Waals surface area contributed by atoms with Crippen molar-refractivity contribution in [2.24, 2.45) is 5.92 Å². The number of hydrogen-bond acceptors (Lipinski definition) is 4. The second kappa shape index (κ2) is 7.21. The summed E-state index contributed by atoms with van der Waals surface area (Å²) in [5, 5.41) is 9.03. The third-order valence-corrected chi connectivity index (χ3v) is 4.21. The number of carboxylic acid groups (broad SMARTS) is 1. The molecule has 24 heavy (non-hydrogen) atoms. The van der Waals surface area contributed by atoms with E-state index in [0.29, 0.717) is 31.5 Å². The highest BCUT2D eigenvalue weighted by atomic mass is 16.5. The average Bonchev–Trinajstić information content (AvgIpc) is 3.09. The van der Waals surface area contributed by atoms with Gasteiger partial charge in [-0.15, -0.1) is 0 Å². The number of para-hydroxylation sites is 1. The van der Waals surface area contributed by atoms with Crippen LogP contribution in [-0.4, -0.2) is 35.0 Å². The molecule has 1 aliphatic rings.